The number of carbonyl (C=O) groups excluding carboxylic acids is 2. The van der Waals surface area contributed by atoms with Crippen LogP contribution in [0.5, 0.6) is 0 Å². The van der Waals surface area contributed by atoms with Crippen LogP contribution < -0.4 is 10.6 Å². The minimum atomic E-state index is -0.417. The van der Waals surface area contributed by atoms with Crippen molar-refractivity contribution >= 4 is 23.2 Å². The molecule has 4 aromatic rings. The lowest BCUT2D eigenvalue weighted by Gasteiger charge is -2.18. The van der Waals surface area contributed by atoms with E-state index >= 15 is 0 Å². The van der Waals surface area contributed by atoms with Gasteiger partial charge in [-0.05, 0) is 47.5 Å². The van der Waals surface area contributed by atoms with E-state index in [-0.39, 0.29) is 11.8 Å². The molecular formula is C27H22N2O2. The molecule has 0 atom stereocenters. The predicted octanol–water partition coefficient (Wildman–Crippen LogP) is 5.71. The summed E-state index contributed by atoms with van der Waals surface area (Å²) in [5.41, 5.74) is 3.78. The van der Waals surface area contributed by atoms with Gasteiger partial charge in [0.15, 0.2) is 0 Å². The summed E-state index contributed by atoms with van der Waals surface area (Å²) in [4.78, 5) is 25.5. The molecule has 31 heavy (non-hydrogen) atoms. The standard InChI is InChI=1S/C27H22N2O2/c30-26(22-14-8-3-9-15-22)28-23-16-18-24(19-17-23)29-27(31)25(20-10-4-1-5-11-20)21-12-6-2-7-13-21/h1-19,25H,(H,28,30)(H,29,31). The molecule has 0 radical (unpaired) electrons. The molecule has 0 bridgehead atoms. The summed E-state index contributed by atoms with van der Waals surface area (Å²) >= 11 is 0. The Morgan fingerprint density at radius 1 is 0.516 bits per heavy atom. The SMILES string of the molecule is O=C(Nc1ccc(NC(=O)C(c2ccccc2)c2ccccc2)cc1)c1ccccc1. The van der Waals surface area contributed by atoms with Crippen LogP contribution in [0.3, 0.4) is 0 Å². The van der Waals surface area contributed by atoms with Gasteiger partial charge in [0.25, 0.3) is 5.91 Å². The van der Waals surface area contributed by atoms with Crippen molar-refractivity contribution in [1.82, 2.24) is 0 Å². The average molecular weight is 406 g/mol. The first-order valence-electron chi connectivity index (χ1n) is 10.1. The van der Waals surface area contributed by atoms with E-state index in [1.165, 1.54) is 0 Å². The molecule has 0 aromatic heterocycles. The van der Waals surface area contributed by atoms with Gasteiger partial charge in [0.1, 0.15) is 0 Å². The Bertz CT molecular complexity index is 1100. The van der Waals surface area contributed by atoms with Crippen molar-refractivity contribution in [2.24, 2.45) is 0 Å². The summed E-state index contributed by atoms with van der Waals surface area (Å²) in [6.07, 6.45) is 0. The Morgan fingerprint density at radius 2 is 0.935 bits per heavy atom. The smallest absolute Gasteiger partial charge is 0.255 e. The largest absolute Gasteiger partial charge is 0.325 e. The van der Waals surface area contributed by atoms with Crippen LogP contribution in [0.1, 0.15) is 27.4 Å². The highest BCUT2D eigenvalue weighted by Gasteiger charge is 2.22. The summed E-state index contributed by atoms with van der Waals surface area (Å²) in [5, 5.41) is 5.86. The second kappa shape index (κ2) is 9.55. The van der Waals surface area contributed by atoms with E-state index in [0.29, 0.717) is 16.9 Å². The molecule has 0 aliphatic heterocycles. The molecule has 2 amide bonds. The molecule has 0 spiro atoms. The highest BCUT2D eigenvalue weighted by atomic mass is 16.2. The van der Waals surface area contributed by atoms with Gasteiger partial charge in [-0.15, -0.1) is 0 Å². The van der Waals surface area contributed by atoms with Gasteiger partial charge in [-0.2, -0.15) is 0 Å². The van der Waals surface area contributed by atoms with E-state index in [1.54, 1.807) is 36.4 Å². The number of nitrogens with one attached hydrogen (secondary N) is 2. The maximum absolute atomic E-state index is 13.2. The van der Waals surface area contributed by atoms with Gasteiger partial charge in [0.2, 0.25) is 5.91 Å². The zero-order chi connectivity index (χ0) is 21.5. The molecular weight excluding hydrogens is 384 g/mol. The Kier molecular flexibility index (Phi) is 6.19. The molecule has 0 aliphatic rings. The first-order valence-corrected chi connectivity index (χ1v) is 10.1. The van der Waals surface area contributed by atoms with Gasteiger partial charge in [-0.25, -0.2) is 0 Å². The third-order valence-corrected chi connectivity index (χ3v) is 4.97. The summed E-state index contributed by atoms with van der Waals surface area (Å²) in [6, 6.07) is 35.6. The number of hydrogen-bond acceptors (Lipinski definition) is 2. The van der Waals surface area contributed by atoms with Crippen molar-refractivity contribution in [1.29, 1.82) is 0 Å². The highest BCUT2D eigenvalue weighted by molar-refractivity contribution is 6.04. The second-order valence-corrected chi connectivity index (χ2v) is 7.14. The summed E-state index contributed by atoms with van der Waals surface area (Å²) in [6.45, 7) is 0. The minimum absolute atomic E-state index is 0.113. The van der Waals surface area contributed by atoms with Crippen molar-refractivity contribution in [2.75, 3.05) is 10.6 Å². The lowest BCUT2D eigenvalue weighted by atomic mass is 9.90. The number of hydrogen-bond donors (Lipinski definition) is 2. The third-order valence-electron chi connectivity index (χ3n) is 4.97. The molecule has 0 saturated heterocycles. The Balaban J connectivity index is 1.48. The van der Waals surface area contributed by atoms with Crippen molar-refractivity contribution in [3.05, 3.63) is 132 Å². The Hall–Kier alpha value is -4.18. The first kappa shape index (κ1) is 20.1. The van der Waals surface area contributed by atoms with Gasteiger partial charge < -0.3 is 10.6 Å². The van der Waals surface area contributed by atoms with Gasteiger partial charge >= 0.3 is 0 Å². The number of benzene rings is 4. The molecule has 4 heteroatoms. The van der Waals surface area contributed by atoms with Crippen LogP contribution in [0.2, 0.25) is 0 Å². The number of anilines is 2. The Labute approximate surface area is 181 Å². The zero-order valence-corrected chi connectivity index (χ0v) is 16.9. The predicted molar refractivity (Wildman–Crippen MR) is 124 cm³/mol. The topological polar surface area (TPSA) is 58.2 Å². The molecule has 0 saturated carbocycles. The van der Waals surface area contributed by atoms with Gasteiger partial charge in [-0.1, -0.05) is 78.9 Å². The lowest BCUT2D eigenvalue weighted by Crippen LogP contribution is -2.22. The molecule has 152 valence electrons. The fraction of sp³-hybridized carbons (Fsp3) is 0.0370. The summed E-state index contributed by atoms with van der Waals surface area (Å²) in [7, 11) is 0. The van der Waals surface area contributed by atoms with E-state index in [2.05, 4.69) is 10.6 Å². The van der Waals surface area contributed by atoms with Crippen molar-refractivity contribution in [3.63, 3.8) is 0 Å². The maximum atomic E-state index is 13.2. The third kappa shape index (κ3) is 5.06. The van der Waals surface area contributed by atoms with E-state index in [0.717, 1.165) is 11.1 Å². The van der Waals surface area contributed by atoms with Crippen molar-refractivity contribution < 1.29 is 9.59 Å². The van der Waals surface area contributed by atoms with E-state index in [1.807, 2.05) is 78.9 Å². The van der Waals surface area contributed by atoms with Gasteiger partial charge in [0.05, 0.1) is 5.92 Å². The van der Waals surface area contributed by atoms with E-state index in [9.17, 15) is 9.59 Å². The van der Waals surface area contributed by atoms with Gasteiger partial charge in [0, 0.05) is 16.9 Å². The number of rotatable bonds is 6. The molecule has 0 aliphatic carbocycles. The van der Waals surface area contributed by atoms with Gasteiger partial charge in [-0.3, -0.25) is 9.59 Å². The molecule has 0 fully saturated rings. The molecule has 4 rings (SSSR count). The van der Waals surface area contributed by atoms with Crippen LogP contribution >= 0.6 is 0 Å². The average Bonchev–Trinajstić information content (AvgIpc) is 2.82. The second-order valence-electron chi connectivity index (χ2n) is 7.14. The maximum Gasteiger partial charge on any atom is 0.255 e. The van der Waals surface area contributed by atoms with Crippen LogP contribution in [0, 0.1) is 0 Å². The zero-order valence-electron chi connectivity index (χ0n) is 16.9. The highest BCUT2D eigenvalue weighted by Crippen LogP contribution is 2.26. The van der Waals surface area contributed by atoms with E-state index in [4.69, 9.17) is 0 Å². The summed E-state index contributed by atoms with van der Waals surface area (Å²) < 4.78 is 0. The van der Waals surface area contributed by atoms with Crippen LogP contribution in [0.15, 0.2) is 115 Å². The fourth-order valence-electron chi connectivity index (χ4n) is 3.43. The molecule has 0 unspecified atom stereocenters. The van der Waals surface area contributed by atoms with Crippen LogP contribution in [0.4, 0.5) is 11.4 Å². The number of carbonyl (C=O) groups is 2. The van der Waals surface area contributed by atoms with Crippen LogP contribution in [-0.4, -0.2) is 11.8 Å². The fourth-order valence-corrected chi connectivity index (χ4v) is 3.43. The van der Waals surface area contributed by atoms with Crippen molar-refractivity contribution in [3.8, 4) is 0 Å². The quantitative estimate of drug-likeness (QED) is 0.431. The molecule has 4 aromatic carbocycles. The van der Waals surface area contributed by atoms with Crippen LogP contribution in [0.25, 0.3) is 0 Å². The monoisotopic (exact) mass is 406 g/mol. The first-order chi connectivity index (χ1) is 15.2. The molecule has 4 nitrogen and oxygen atoms in total. The molecule has 2 N–H and O–H groups in total. The van der Waals surface area contributed by atoms with E-state index < -0.39 is 5.92 Å². The molecule has 0 heterocycles. The minimum Gasteiger partial charge on any atom is -0.325 e. The lowest BCUT2D eigenvalue weighted by molar-refractivity contribution is -0.116. The number of amides is 2. The normalized spacial score (nSPS) is 10.5. The summed E-state index contributed by atoms with van der Waals surface area (Å²) in [5.74, 6) is -0.705. The van der Waals surface area contributed by atoms with Crippen molar-refractivity contribution in [2.45, 2.75) is 5.92 Å². The van der Waals surface area contributed by atoms with Crippen LogP contribution in [-0.2, 0) is 4.79 Å². The Morgan fingerprint density at radius 3 is 1.42 bits per heavy atom.